The minimum absolute atomic E-state index is 0.616. The van der Waals surface area contributed by atoms with Crippen molar-refractivity contribution in [2.75, 3.05) is 26.2 Å². The molecule has 1 saturated heterocycles. The molecule has 2 unspecified atom stereocenters. The molecule has 2 heterocycles. The van der Waals surface area contributed by atoms with Crippen molar-refractivity contribution in [3.8, 4) is 0 Å². The minimum Gasteiger partial charge on any atom is -0.314 e. The number of piperidine rings is 1. The number of rotatable bonds is 6. The van der Waals surface area contributed by atoms with Crippen molar-refractivity contribution < 1.29 is 0 Å². The molecule has 1 aliphatic heterocycles. The first-order valence-corrected chi connectivity index (χ1v) is 8.58. The average Bonchev–Trinajstić information content (AvgIpc) is 2.84. The molecule has 1 aromatic heterocycles. The lowest BCUT2D eigenvalue weighted by molar-refractivity contribution is 0.157. The van der Waals surface area contributed by atoms with E-state index in [0.717, 1.165) is 23.2 Å². The van der Waals surface area contributed by atoms with Gasteiger partial charge in [-0.2, -0.15) is 0 Å². The third kappa shape index (κ3) is 4.75. The summed E-state index contributed by atoms with van der Waals surface area (Å²) >= 11 is 7.64. The molecule has 1 fully saturated rings. The summed E-state index contributed by atoms with van der Waals surface area (Å²) in [4.78, 5) is 3.95. The van der Waals surface area contributed by atoms with Gasteiger partial charge in [0.2, 0.25) is 0 Å². The van der Waals surface area contributed by atoms with Gasteiger partial charge in [0.15, 0.2) is 0 Å². The number of halogens is 1. The third-order valence-corrected chi connectivity index (χ3v) is 5.45. The van der Waals surface area contributed by atoms with Crippen LogP contribution in [0.5, 0.6) is 0 Å². The molecule has 1 aliphatic rings. The summed E-state index contributed by atoms with van der Waals surface area (Å²) in [6.07, 6.45) is 3.81. The SMILES string of the molecule is CCN1CCCC(C(C)NCCc2ccc(Cl)s2)C1. The van der Waals surface area contributed by atoms with Gasteiger partial charge >= 0.3 is 0 Å². The number of nitrogens with zero attached hydrogens (tertiary/aromatic N) is 1. The van der Waals surface area contributed by atoms with Crippen LogP contribution in [0.25, 0.3) is 0 Å². The van der Waals surface area contributed by atoms with Crippen LogP contribution in [0.3, 0.4) is 0 Å². The lowest BCUT2D eigenvalue weighted by Gasteiger charge is -2.35. The van der Waals surface area contributed by atoms with Crippen LogP contribution in [0.1, 0.15) is 31.6 Å². The second-order valence-corrected chi connectivity index (χ2v) is 7.29. The van der Waals surface area contributed by atoms with Gasteiger partial charge in [-0.05, 0) is 57.3 Å². The first-order chi connectivity index (χ1) is 9.19. The average molecular weight is 301 g/mol. The van der Waals surface area contributed by atoms with Gasteiger partial charge in [0.25, 0.3) is 0 Å². The maximum atomic E-state index is 5.95. The van der Waals surface area contributed by atoms with Crippen molar-refractivity contribution >= 4 is 22.9 Å². The van der Waals surface area contributed by atoms with E-state index in [-0.39, 0.29) is 0 Å². The first kappa shape index (κ1) is 15.3. The Morgan fingerprint density at radius 1 is 1.53 bits per heavy atom. The fourth-order valence-electron chi connectivity index (χ4n) is 2.86. The molecule has 0 bridgehead atoms. The molecule has 0 aromatic carbocycles. The molecule has 2 rings (SSSR count). The molecule has 0 spiro atoms. The van der Waals surface area contributed by atoms with Crippen molar-refractivity contribution in [1.29, 1.82) is 0 Å². The smallest absolute Gasteiger partial charge is 0.0931 e. The van der Waals surface area contributed by atoms with Crippen LogP contribution < -0.4 is 5.32 Å². The van der Waals surface area contributed by atoms with Gasteiger partial charge in [0.05, 0.1) is 4.34 Å². The summed E-state index contributed by atoms with van der Waals surface area (Å²) in [7, 11) is 0. The van der Waals surface area contributed by atoms with Crippen molar-refractivity contribution in [2.45, 2.75) is 39.2 Å². The molecule has 108 valence electrons. The number of hydrogen-bond acceptors (Lipinski definition) is 3. The largest absolute Gasteiger partial charge is 0.314 e. The Bertz CT molecular complexity index is 380. The molecule has 19 heavy (non-hydrogen) atoms. The second-order valence-electron chi connectivity index (χ2n) is 5.49. The van der Waals surface area contributed by atoms with Gasteiger partial charge < -0.3 is 10.2 Å². The molecule has 2 nitrogen and oxygen atoms in total. The Morgan fingerprint density at radius 3 is 3.05 bits per heavy atom. The van der Waals surface area contributed by atoms with E-state index in [4.69, 9.17) is 11.6 Å². The molecular formula is C15H25ClN2S. The van der Waals surface area contributed by atoms with E-state index in [1.165, 1.54) is 37.4 Å². The highest BCUT2D eigenvalue weighted by Gasteiger charge is 2.23. The Labute approximate surface area is 126 Å². The Balaban J connectivity index is 1.70. The Morgan fingerprint density at radius 2 is 2.37 bits per heavy atom. The molecule has 1 aromatic rings. The molecule has 4 heteroatoms. The van der Waals surface area contributed by atoms with Gasteiger partial charge in [-0.1, -0.05) is 18.5 Å². The van der Waals surface area contributed by atoms with Crippen molar-refractivity contribution in [1.82, 2.24) is 10.2 Å². The van der Waals surface area contributed by atoms with E-state index in [1.54, 1.807) is 11.3 Å². The zero-order valence-corrected chi connectivity index (χ0v) is 13.6. The molecule has 1 N–H and O–H groups in total. The lowest BCUT2D eigenvalue weighted by atomic mass is 9.91. The van der Waals surface area contributed by atoms with E-state index in [0.29, 0.717) is 6.04 Å². The van der Waals surface area contributed by atoms with Gasteiger partial charge in [-0.15, -0.1) is 11.3 Å². The highest BCUT2D eigenvalue weighted by molar-refractivity contribution is 7.16. The molecule has 0 saturated carbocycles. The molecular weight excluding hydrogens is 276 g/mol. The van der Waals surface area contributed by atoms with Gasteiger partial charge in [0.1, 0.15) is 0 Å². The fraction of sp³-hybridized carbons (Fsp3) is 0.733. The topological polar surface area (TPSA) is 15.3 Å². The van der Waals surface area contributed by atoms with Crippen LogP contribution in [-0.2, 0) is 6.42 Å². The maximum absolute atomic E-state index is 5.95. The lowest BCUT2D eigenvalue weighted by Crippen LogP contribution is -2.44. The number of likely N-dealkylation sites (tertiary alicyclic amines) is 1. The highest BCUT2D eigenvalue weighted by atomic mass is 35.5. The predicted octanol–water partition coefficient (Wildman–Crippen LogP) is 3.65. The summed E-state index contributed by atoms with van der Waals surface area (Å²) in [5.41, 5.74) is 0. The summed E-state index contributed by atoms with van der Waals surface area (Å²) < 4.78 is 0.897. The molecule has 0 radical (unpaired) electrons. The first-order valence-electron chi connectivity index (χ1n) is 7.39. The van der Waals surface area contributed by atoms with Crippen molar-refractivity contribution in [3.63, 3.8) is 0 Å². The van der Waals surface area contributed by atoms with Crippen LogP contribution in [-0.4, -0.2) is 37.1 Å². The third-order valence-electron chi connectivity index (χ3n) is 4.16. The van der Waals surface area contributed by atoms with E-state index >= 15 is 0 Å². The zero-order chi connectivity index (χ0) is 13.7. The number of nitrogens with one attached hydrogen (secondary N) is 1. The van der Waals surface area contributed by atoms with Crippen molar-refractivity contribution in [3.05, 3.63) is 21.3 Å². The summed E-state index contributed by atoms with van der Waals surface area (Å²) in [6.45, 7) is 9.40. The summed E-state index contributed by atoms with van der Waals surface area (Å²) in [5.74, 6) is 0.806. The minimum atomic E-state index is 0.616. The van der Waals surface area contributed by atoms with E-state index < -0.39 is 0 Å². The zero-order valence-electron chi connectivity index (χ0n) is 12.0. The quantitative estimate of drug-likeness (QED) is 0.862. The van der Waals surface area contributed by atoms with Gasteiger partial charge in [0, 0.05) is 24.0 Å². The van der Waals surface area contributed by atoms with Gasteiger partial charge in [-0.3, -0.25) is 0 Å². The molecule has 0 aliphatic carbocycles. The Hall–Kier alpha value is -0.0900. The predicted molar refractivity (Wildman–Crippen MR) is 85.3 cm³/mol. The molecule has 0 amide bonds. The van der Waals surface area contributed by atoms with Gasteiger partial charge in [-0.25, -0.2) is 0 Å². The second kappa shape index (κ2) is 7.63. The normalized spacial score (nSPS) is 22.6. The summed E-state index contributed by atoms with van der Waals surface area (Å²) in [5, 5.41) is 3.69. The van der Waals surface area contributed by atoms with E-state index in [9.17, 15) is 0 Å². The van der Waals surface area contributed by atoms with Crippen LogP contribution >= 0.6 is 22.9 Å². The molecule has 2 atom stereocenters. The van der Waals surface area contributed by atoms with Crippen LogP contribution in [0.4, 0.5) is 0 Å². The summed E-state index contributed by atoms with van der Waals surface area (Å²) in [6, 6.07) is 4.74. The highest BCUT2D eigenvalue weighted by Crippen LogP contribution is 2.22. The van der Waals surface area contributed by atoms with Crippen molar-refractivity contribution in [2.24, 2.45) is 5.92 Å². The number of hydrogen-bond donors (Lipinski definition) is 1. The van der Waals surface area contributed by atoms with E-state index in [2.05, 4.69) is 30.1 Å². The van der Waals surface area contributed by atoms with E-state index in [1.807, 2.05) is 6.07 Å². The van der Waals surface area contributed by atoms with Crippen LogP contribution in [0.2, 0.25) is 4.34 Å². The Kier molecular flexibility index (Phi) is 6.14. The van der Waals surface area contributed by atoms with Crippen LogP contribution in [0.15, 0.2) is 12.1 Å². The monoisotopic (exact) mass is 300 g/mol. The van der Waals surface area contributed by atoms with Crippen LogP contribution in [0, 0.1) is 5.92 Å². The maximum Gasteiger partial charge on any atom is 0.0931 e. The number of thiophene rings is 1. The standard InChI is InChI=1S/C15H25ClN2S/c1-3-18-10-4-5-13(11-18)12(2)17-9-8-14-6-7-15(16)19-14/h6-7,12-13,17H,3-5,8-11H2,1-2H3. The fourth-order valence-corrected chi connectivity index (χ4v) is 3.95.